The molecular formula is C30H43N3O3. The highest BCUT2D eigenvalue weighted by Gasteiger charge is 2.58. The van der Waals surface area contributed by atoms with Crippen LogP contribution in [0.3, 0.4) is 0 Å². The highest BCUT2D eigenvalue weighted by atomic mass is 16.4. The quantitative estimate of drug-likeness (QED) is 0.588. The van der Waals surface area contributed by atoms with E-state index in [1.54, 1.807) is 17.9 Å². The number of piperazine rings is 1. The summed E-state index contributed by atoms with van der Waals surface area (Å²) in [6.45, 7) is 8.52. The zero-order valence-corrected chi connectivity index (χ0v) is 22.3. The Kier molecular flexibility index (Phi) is 6.09. The van der Waals surface area contributed by atoms with Crippen LogP contribution < -0.4 is 10.9 Å². The summed E-state index contributed by atoms with van der Waals surface area (Å²) >= 11 is 0. The van der Waals surface area contributed by atoms with Crippen molar-refractivity contribution >= 4 is 6.03 Å². The summed E-state index contributed by atoms with van der Waals surface area (Å²) in [6.07, 6.45) is 13.9. The molecule has 6 rings (SSSR count). The van der Waals surface area contributed by atoms with E-state index in [0.29, 0.717) is 29.2 Å². The van der Waals surface area contributed by atoms with Crippen molar-refractivity contribution in [3.8, 4) is 0 Å². The van der Waals surface area contributed by atoms with Crippen molar-refractivity contribution in [3.05, 3.63) is 46.0 Å². The standard InChI is InChI=1S/C30H43N3O3/c1-29-12-10-22(32(3)28(35)33-16-14-31-15-17-33)18-21(29)5-6-23-25-8-7-24(20-4-9-27(34)36-19-20)30(25,2)13-11-26(23)29/h4,8-9,19,21-24,26,31H,5-7,10-18H2,1-3H3/t21-,22+,23+,24-,26+,29+,30-/m1/s1. The van der Waals surface area contributed by atoms with Crippen LogP contribution in [0.25, 0.3) is 0 Å². The number of nitrogens with zero attached hydrogens (tertiary/aromatic N) is 2. The van der Waals surface area contributed by atoms with E-state index < -0.39 is 0 Å². The Morgan fingerprint density at radius 3 is 2.67 bits per heavy atom. The van der Waals surface area contributed by atoms with Gasteiger partial charge in [0.05, 0.1) is 6.26 Å². The zero-order valence-electron chi connectivity index (χ0n) is 22.3. The van der Waals surface area contributed by atoms with Gasteiger partial charge >= 0.3 is 11.7 Å². The summed E-state index contributed by atoms with van der Waals surface area (Å²) in [5, 5.41) is 3.36. The van der Waals surface area contributed by atoms with Crippen LogP contribution in [-0.2, 0) is 0 Å². The Hall–Kier alpha value is -2.08. The van der Waals surface area contributed by atoms with Crippen LogP contribution in [-0.4, -0.2) is 55.1 Å². The summed E-state index contributed by atoms with van der Waals surface area (Å²) in [7, 11) is 2.05. The predicted molar refractivity (Wildman–Crippen MR) is 141 cm³/mol. The third-order valence-corrected chi connectivity index (χ3v) is 11.4. The molecule has 5 aliphatic rings. The van der Waals surface area contributed by atoms with Crippen molar-refractivity contribution < 1.29 is 9.21 Å². The lowest BCUT2D eigenvalue weighted by atomic mass is 9.45. The fraction of sp³-hybridized carbons (Fsp3) is 0.733. The van der Waals surface area contributed by atoms with Crippen molar-refractivity contribution in [1.82, 2.24) is 15.1 Å². The Labute approximate surface area is 215 Å². The van der Waals surface area contributed by atoms with E-state index in [-0.39, 0.29) is 17.1 Å². The molecule has 6 heteroatoms. The van der Waals surface area contributed by atoms with E-state index in [2.05, 4.69) is 30.1 Å². The normalized spacial score (nSPS) is 40.0. The molecule has 0 unspecified atom stereocenters. The molecule has 36 heavy (non-hydrogen) atoms. The molecule has 196 valence electrons. The molecule has 0 radical (unpaired) electrons. The average Bonchev–Trinajstić information content (AvgIpc) is 3.25. The molecule has 1 aromatic heterocycles. The van der Waals surface area contributed by atoms with Gasteiger partial charge in [0.25, 0.3) is 0 Å². The molecule has 0 aromatic carbocycles. The minimum atomic E-state index is -0.263. The maximum atomic E-state index is 13.2. The van der Waals surface area contributed by atoms with Gasteiger partial charge in [-0.25, -0.2) is 9.59 Å². The highest BCUT2D eigenvalue weighted by Crippen LogP contribution is 2.67. The Morgan fingerprint density at radius 1 is 1.11 bits per heavy atom. The lowest BCUT2D eigenvalue weighted by molar-refractivity contribution is -0.0679. The maximum Gasteiger partial charge on any atom is 0.335 e. The Bertz CT molecular complexity index is 1070. The van der Waals surface area contributed by atoms with Crippen molar-refractivity contribution in [3.63, 3.8) is 0 Å². The van der Waals surface area contributed by atoms with Crippen molar-refractivity contribution in [1.29, 1.82) is 0 Å². The molecule has 1 saturated heterocycles. The lowest BCUT2D eigenvalue weighted by Crippen LogP contribution is -2.56. The summed E-state index contributed by atoms with van der Waals surface area (Å²) in [5.41, 5.74) is 3.17. The maximum absolute atomic E-state index is 13.2. The van der Waals surface area contributed by atoms with Gasteiger partial charge in [0.1, 0.15) is 0 Å². The first kappa shape index (κ1) is 24.3. The number of amides is 2. The molecule has 6 nitrogen and oxygen atoms in total. The number of allylic oxidation sites excluding steroid dienone is 2. The molecule has 1 aliphatic heterocycles. The van der Waals surface area contributed by atoms with Crippen molar-refractivity contribution in [2.75, 3.05) is 33.2 Å². The van der Waals surface area contributed by atoms with E-state index in [0.717, 1.165) is 51.4 Å². The second-order valence-electron chi connectivity index (χ2n) is 12.8. The molecule has 4 fully saturated rings. The van der Waals surface area contributed by atoms with Gasteiger partial charge in [0, 0.05) is 45.3 Å². The van der Waals surface area contributed by atoms with Gasteiger partial charge in [-0.3, -0.25) is 0 Å². The Balaban J connectivity index is 1.16. The van der Waals surface area contributed by atoms with Gasteiger partial charge in [-0.2, -0.15) is 0 Å². The van der Waals surface area contributed by atoms with Crippen molar-refractivity contribution in [2.24, 2.45) is 28.6 Å². The molecule has 0 bridgehead atoms. The molecule has 2 amide bonds. The second-order valence-corrected chi connectivity index (χ2v) is 12.8. The van der Waals surface area contributed by atoms with Crippen LogP contribution >= 0.6 is 0 Å². The predicted octanol–water partition coefficient (Wildman–Crippen LogP) is 5.01. The van der Waals surface area contributed by atoms with Crippen LogP contribution in [0.2, 0.25) is 0 Å². The van der Waals surface area contributed by atoms with E-state index in [1.807, 2.05) is 18.0 Å². The van der Waals surface area contributed by atoms with Crippen LogP contribution in [0.1, 0.15) is 76.7 Å². The van der Waals surface area contributed by atoms with E-state index in [9.17, 15) is 9.59 Å². The minimum absolute atomic E-state index is 0.178. The molecule has 7 atom stereocenters. The minimum Gasteiger partial charge on any atom is -0.431 e. The molecule has 1 N–H and O–H groups in total. The zero-order chi connectivity index (χ0) is 25.1. The molecule has 2 heterocycles. The number of nitrogens with one attached hydrogen (secondary N) is 1. The van der Waals surface area contributed by atoms with Gasteiger partial charge in [-0.15, -0.1) is 0 Å². The molecular weight excluding hydrogens is 450 g/mol. The monoisotopic (exact) mass is 493 g/mol. The first-order valence-electron chi connectivity index (χ1n) is 14.3. The van der Waals surface area contributed by atoms with Crippen LogP contribution in [0.4, 0.5) is 4.79 Å². The fourth-order valence-corrected chi connectivity index (χ4v) is 9.22. The molecule has 4 aliphatic carbocycles. The second kappa shape index (κ2) is 9.04. The van der Waals surface area contributed by atoms with Crippen LogP contribution in [0.5, 0.6) is 0 Å². The number of rotatable bonds is 2. The number of hydrogen-bond acceptors (Lipinski definition) is 4. The van der Waals surface area contributed by atoms with Gasteiger partial charge in [0.2, 0.25) is 0 Å². The topological polar surface area (TPSA) is 65.8 Å². The number of fused-ring (bicyclic) bond motifs is 5. The Morgan fingerprint density at radius 2 is 1.92 bits per heavy atom. The fourth-order valence-electron chi connectivity index (χ4n) is 9.22. The first-order chi connectivity index (χ1) is 17.3. The summed E-state index contributed by atoms with van der Waals surface area (Å²) < 4.78 is 5.26. The third kappa shape index (κ3) is 3.77. The molecule has 3 saturated carbocycles. The summed E-state index contributed by atoms with van der Waals surface area (Å²) in [6, 6.07) is 4.17. The van der Waals surface area contributed by atoms with Gasteiger partial charge in [-0.1, -0.05) is 25.5 Å². The first-order valence-corrected chi connectivity index (χ1v) is 14.3. The highest BCUT2D eigenvalue weighted by molar-refractivity contribution is 5.74. The smallest absolute Gasteiger partial charge is 0.335 e. The number of hydrogen-bond donors (Lipinski definition) is 1. The summed E-state index contributed by atoms with van der Waals surface area (Å²) in [4.78, 5) is 28.8. The van der Waals surface area contributed by atoms with Gasteiger partial charge in [-0.05, 0) is 97.5 Å². The van der Waals surface area contributed by atoms with Gasteiger partial charge in [0.15, 0.2) is 0 Å². The van der Waals surface area contributed by atoms with E-state index >= 15 is 0 Å². The number of urea groups is 1. The SMILES string of the molecule is CN(C(=O)N1CCNCC1)[C@H]1CC[C@@]2(C)[C@H](CC[C@H]3C4=CC[C@H](c5ccc(=O)oc5)[C@@]4(C)CC[C@@H]32)C1. The molecule has 1 aromatic rings. The number of carbonyl (C=O) groups excluding carboxylic acids is 1. The molecule has 0 spiro atoms. The number of carbonyl (C=O) groups is 1. The largest absolute Gasteiger partial charge is 0.431 e. The van der Waals surface area contributed by atoms with Gasteiger partial charge < -0.3 is 19.5 Å². The van der Waals surface area contributed by atoms with Crippen LogP contribution in [0.15, 0.2) is 39.3 Å². The van der Waals surface area contributed by atoms with Crippen LogP contribution in [0, 0.1) is 28.6 Å². The summed E-state index contributed by atoms with van der Waals surface area (Å²) in [5.74, 6) is 2.56. The lowest BCUT2D eigenvalue weighted by Gasteiger charge is -2.60. The average molecular weight is 494 g/mol. The third-order valence-electron chi connectivity index (χ3n) is 11.4. The van der Waals surface area contributed by atoms with Crippen molar-refractivity contribution in [2.45, 2.75) is 77.2 Å². The van der Waals surface area contributed by atoms with E-state index in [1.165, 1.54) is 37.7 Å². The van der Waals surface area contributed by atoms with E-state index in [4.69, 9.17) is 4.42 Å².